The van der Waals surface area contributed by atoms with Crippen LogP contribution in [0.3, 0.4) is 0 Å². The summed E-state index contributed by atoms with van der Waals surface area (Å²) in [5.41, 5.74) is 2.34. The van der Waals surface area contributed by atoms with E-state index in [9.17, 15) is 0 Å². The summed E-state index contributed by atoms with van der Waals surface area (Å²) in [6, 6.07) is 12.2. The first-order chi connectivity index (χ1) is 8.29. The average molecular weight is 230 g/mol. The van der Waals surface area contributed by atoms with E-state index in [2.05, 4.69) is 16.0 Å². The van der Waals surface area contributed by atoms with Crippen molar-refractivity contribution in [3.05, 3.63) is 48.3 Å². The van der Waals surface area contributed by atoms with Crippen LogP contribution in [0.25, 0.3) is 0 Å². The fourth-order valence-electron chi connectivity index (χ4n) is 1.74. The minimum absolute atomic E-state index is 0.696. The van der Waals surface area contributed by atoms with Gasteiger partial charge < -0.3 is 14.6 Å². The van der Waals surface area contributed by atoms with Gasteiger partial charge in [-0.05, 0) is 31.2 Å². The van der Waals surface area contributed by atoms with E-state index in [1.807, 2.05) is 50.5 Å². The molecule has 1 heterocycles. The molecule has 1 aromatic carbocycles. The van der Waals surface area contributed by atoms with Gasteiger partial charge in [0.15, 0.2) is 0 Å². The lowest BCUT2D eigenvalue weighted by molar-refractivity contribution is 0.340. The molecule has 1 aromatic heterocycles. The summed E-state index contributed by atoms with van der Waals surface area (Å²) >= 11 is 0. The maximum absolute atomic E-state index is 5.46. The number of anilines is 1. The highest BCUT2D eigenvalue weighted by molar-refractivity contribution is 5.48. The SMILES string of the molecule is CCOc1cccc(NCc2cccn2C)c1. The summed E-state index contributed by atoms with van der Waals surface area (Å²) in [6.07, 6.45) is 2.05. The molecule has 0 aliphatic rings. The molecule has 0 fully saturated rings. The maximum Gasteiger partial charge on any atom is 0.121 e. The van der Waals surface area contributed by atoms with Crippen LogP contribution in [-0.4, -0.2) is 11.2 Å². The molecule has 3 nitrogen and oxygen atoms in total. The molecule has 0 saturated carbocycles. The molecule has 90 valence electrons. The minimum Gasteiger partial charge on any atom is -0.494 e. The van der Waals surface area contributed by atoms with Crippen LogP contribution in [0.4, 0.5) is 5.69 Å². The summed E-state index contributed by atoms with van der Waals surface area (Å²) in [5, 5.41) is 3.39. The predicted octanol–water partition coefficient (Wildman–Crippen LogP) is 3.04. The zero-order valence-electron chi connectivity index (χ0n) is 10.3. The number of benzene rings is 1. The Labute approximate surface area is 102 Å². The third-order valence-electron chi connectivity index (χ3n) is 2.67. The molecule has 0 atom stereocenters. The molecule has 3 heteroatoms. The van der Waals surface area contributed by atoms with Crippen molar-refractivity contribution >= 4 is 5.69 Å². The average Bonchev–Trinajstić information content (AvgIpc) is 2.73. The van der Waals surface area contributed by atoms with Gasteiger partial charge in [-0.15, -0.1) is 0 Å². The smallest absolute Gasteiger partial charge is 0.121 e. The Morgan fingerprint density at radius 2 is 2.12 bits per heavy atom. The molecule has 0 spiro atoms. The Morgan fingerprint density at radius 3 is 2.82 bits per heavy atom. The summed E-state index contributed by atoms with van der Waals surface area (Å²) in [7, 11) is 2.05. The van der Waals surface area contributed by atoms with Crippen molar-refractivity contribution in [1.82, 2.24) is 4.57 Å². The van der Waals surface area contributed by atoms with E-state index in [-0.39, 0.29) is 0 Å². The topological polar surface area (TPSA) is 26.2 Å². The predicted molar refractivity (Wildman–Crippen MR) is 70.4 cm³/mol. The van der Waals surface area contributed by atoms with E-state index in [4.69, 9.17) is 4.74 Å². The Kier molecular flexibility index (Phi) is 3.70. The second-order valence-electron chi connectivity index (χ2n) is 3.92. The van der Waals surface area contributed by atoms with E-state index >= 15 is 0 Å². The van der Waals surface area contributed by atoms with Crippen molar-refractivity contribution in [2.24, 2.45) is 7.05 Å². The highest BCUT2D eigenvalue weighted by atomic mass is 16.5. The van der Waals surface area contributed by atoms with E-state index < -0.39 is 0 Å². The number of aryl methyl sites for hydroxylation is 1. The lowest BCUT2D eigenvalue weighted by Gasteiger charge is -2.09. The van der Waals surface area contributed by atoms with Crippen LogP contribution >= 0.6 is 0 Å². The summed E-state index contributed by atoms with van der Waals surface area (Å²) in [4.78, 5) is 0. The van der Waals surface area contributed by atoms with Crippen molar-refractivity contribution in [3.8, 4) is 5.75 Å². The lowest BCUT2D eigenvalue weighted by atomic mass is 10.3. The quantitative estimate of drug-likeness (QED) is 0.854. The Bertz CT molecular complexity index is 477. The van der Waals surface area contributed by atoms with E-state index in [0.717, 1.165) is 18.0 Å². The van der Waals surface area contributed by atoms with Gasteiger partial charge >= 0.3 is 0 Å². The van der Waals surface area contributed by atoms with Crippen molar-refractivity contribution < 1.29 is 4.74 Å². The van der Waals surface area contributed by atoms with Gasteiger partial charge in [-0.1, -0.05) is 6.07 Å². The lowest BCUT2D eigenvalue weighted by Crippen LogP contribution is -2.04. The van der Waals surface area contributed by atoms with E-state index in [0.29, 0.717) is 6.61 Å². The van der Waals surface area contributed by atoms with Gasteiger partial charge in [0.1, 0.15) is 5.75 Å². The molecular weight excluding hydrogens is 212 g/mol. The van der Waals surface area contributed by atoms with Crippen LogP contribution in [0.5, 0.6) is 5.75 Å². The fourth-order valence-corrected chi connectivity index (χ4v) is 1.74. The van der Waals surface area contributed by atoms with E-state index in [1.54, 1.807) is 0 Å². The molecule has 1 N–H and O–H groups in total. The van der Waals surface area contributed by atoms with Gasteiger partial charge in [0, 0.05) is 30.7 Å². The van der Waals surface area contributed by atoms with Gasteiger partial charge in [0.05, 0.1) is 13.2 Å². The van der Waals surface area contributed by atoms with Crippen LogP contribution in [0, 0.1) is 0 Å². The Morgan fingerprint density at radius 1 is 1.24 bits per heavy atom. The van der Waals surface area contributed by atoms with Crippen LogP contribution in [0.1, 0.15) is 12.6 Å². The second-order valence-corrected chi connectivity index (χ2v) is 3.92. The third kappa shape index (κ3) is 3.03. The normalized spacial score (nSPS) is 10.2. The highest BCUT2D eigenvalue weighted by Crippen LogP contribution is 2.17. The highest BCUT2D eigenvalue weighted by Gasteiger charge is 1.98. The van der Waals surface area contributed by atoms with Crippen LogP contribution < -0.4 is 10.1 Å². The molecule has 0 aliphatic heterocycles. The molecule has 2 aromatic rings. The van der Waals surface area contributed by atoms with Gasteiger partial charge in [-0.3, -0.25) is 0 Å². The molecular formula is C14H18N2O. The fraction of sp³-hybridized carbons (Fsp3) is 0.286. The number of nitrogens with one attached hydrogen (secondary N) is 1. The molecule has 0 bridgehead atoms. The van der Waals surface area contributed by atoms with Gasteiger partial charge in [-0.2, -0.15) is 0 Å². The van der Waals surface area contributed by atoms with Crippen molar-refractivity contribution in [2.45, 2.75) is 13.5 Å². The molecule has 0 amide bonds. The molecule has 2 rings (SSSR count). The molecule has 17 heavy (non-hydrogen) atoms. The van der Waals surface area contributed by atoms with Gasteiger partial charge in [0.25, 0.3) is 0 Å². The van der Waals surface area contributed by atoms with Gasteiger partial charge in [0.2, 0.25) is 0 Å². The van der Waals surface area contributed by atoms with Crippen LogP contribution in [-0.2, 0) is 13.6 Å². The van der Waals surface area contributed by atoms with E-state index in [1.165, 1.54) is 5.69 Å². The number of rotatable bonds is 5. The van der Waals surface area contributed by atoms with Gasteiger partial charge in [-0.25, -0.2) is 0 Å². The summed E-state index contributed by atoms with van der Waals surface area (Å²) in [6.45, 7) is 3.50. The summed E-state index contributed by atoms with van der Waals surface area (Å²) in [5.74, 6) is 0.907. The first-order valence-corrected chi connectivity index (χ1v) is 5.86. The maximum atomic E-state index is 5.46. The molecule has 0 aliphatic carbocycles. The number of hydrogen-bond acceptors (Lipinski definition) is 2. The van der Waals surface area contributed by atoms with Crippen molar-refractivity contribution in [3.63, 3.8) is 0 Å². The first-order valence-electron chi connectivity index (χ1n) is 5.86. The van der Waals surface area contributed by atoms with Crippen LogP contribution in [0.15, 0.2) is 42.6 Å². The largest absolute Gasteiger partial charge is 0.494 e. The number of ether oxygens (including phenoxy) is 1. The molecule has 0 saturated heterocycles. The Balaban J connectivity index is 1.99. The third-order valence-corrected chi connectivity index (χ3v) is 2.67. The van der Waals surface area contributed by atoms with Crippen molar-refractivity contribution in [2.75, 3.05) is 11.9 Å². The second kappa shape index (κ2) is 5.43. The Hall–Kier alpha value is -1.90. The minimum atomic E-state index is 0.696. The van der Waals surface area contributed by atoms with Crippen LogP contribution in [0.2, 0.25) is 0 Å². The zero-order chi connectivity index (χ0) is 12.1. The first kappa shape index (κ1) is 11.6. The number of aromatic nitrogens is 1. The van der Waals surface area contributed by atoms with Crippen molar-refractivity contribution in [1.29, 1.82) is 0 Å². The standard InChI is InChI=1S/C14H18N2O/c1-3-17-14-8-4-6-12(10-14)15-11-13-7-5-9-16(13)2/h4-10,15H,3,11H2,1-2H3. The summed E-state index contributed by atoms with van der Waals surface area (Å²) < 4.78 is 7.57. The molecule has 0 unspecified atom stereocenters. The number of nitrogens with zero attached hydrogens (tertiary/aromatic N) is 1. The monoisotopic (exact) mass is 230 g/mol. The molecule has 0 radical (unpaired) electrons. The number of hydrogen-bond donors (Lipinski definition) is 1. The zero-order valence-corrected chi connectivity index (χ0v) is 10.3.